The van der Waals surface area contributed by atoms with Gasteiger partial charge in [-0.3, -0.25) is 14.2 Å². The van der Waals surface area contributed by atoms with Crippen molar-refractivity contribution in [3.05, 3.63) is 90.6 Å². The van der Waals surface area contributed by atoms with E-state index < -0.39 is 0 Å². The number of pyridine rings is 2. The van der Waals surface area contributed by atoms with Gasteiger partial charge in [-0.1, -0.05) is 17.4 Å². The molecule has 4 heterocycles. The Bertz CT molecular complexity index is 1370. The first-order valence-corrected chi connectivity index (χ1v) is 10.5. The second-order valence-corrected chi connectivity index (χ2v) is 7.93. The highest BCUT2D eigenvalue weighted by atomic mass is 32.1. The lowest BCUT2D eigenvalue weighted by Crippen LogP contribution is -2.13. The summed E-state index contributed by atoms with van der Waals surface area (Å²) >= 11 is 1.54. The predicted molar refractivity (Wildman–Crippen MR) is 123 cm³/mol. The van der Waals surface area contributed by atoms with Crippen LogP contribution in [-0.2, 0) is 0 Å². The van der Waals surface area contributed by atoms with Gasteiger partial charge in [0.25, 0.3) is 5.91 Å². The topological polar surface area (TPSA) is 84.2 Å². The molecule has 0 radical (unpaired) electrons. The minimum absolute atomic E-state index is 0.174. The Morgan fingerprint density at radius 3 is 2.68 bits per heavy atom. The Kier molecular flexibility index (Phi) is 4.89. The van der Waals surface area contributed by atoms with Crippen molar-refractivity contribution in [1.29, 1.82) is 0 Å². The van der Waals surface area contributed by atoms with Crippen LogP contribution in [0.1, 0.15) is 16.1 Å². The molecule has 152 valence electrons. The third kappa shape index (κ3) is 3.88. The van der Waals surface area contributed by atoms with Crippen molar-refractivity contribution in [3.8, 4) is 10.6 Å². The number of aromatic nitrogens is 4. The van der Waals surface area contributed by atoms with Crippen LogP contribution in [0.5, 0.6) is 0 Å². The molecule has 0 bridgehead atoms. The Morgan fingerprint density at radius 1 is 0.968 bits per heavy atom. The van der Waals surface area contributed by atoms with E-state index in [0.717, 1.165) is 32.7 Å². The zero-order valence-electron chi connectivity index (χ0n) is 16.6. The van der Waals surface area contributed by atoms with E-state index in [-0.39, 0.29) is 5.91 Å². The van der Waals surface area contributed by atoms with Gasteiger partial charge in [0.05, 0.1) is 28.1 Å². The predicted octanol–water partition coefficient (Wildman–Crippen LogP) is 5.16. The third-order valence-electron chi connectivity index (χ3n) is 4.83. The third-order valence-corrected chi connectivity index (χ3v) is 5.76. The van der Waals surface area contributed by atoms with E-state index in [1.807, 2.05) is 66.3 Å². The summed E-state index contributed by atoms with van der Waals surface area (Å²) in [6.45, 7) is 1.86. The molecule has 7 nitrogen and oxygen atoms in total. The number of thiazole rings is 1. The molecule has 8 heteroatoms. The molecule has 5 rings (SSSR count). The number of benzene rings is 1. The molecule has 0 unspecified atom stereocenters. The van der Waals surface area contributed by atoms with Crippen LogP contribution in [0.15, 0.2) is 79.4 Å². The van der Waals surface area contributed by atoms with Crippen molar-refractivity contribution >= 4 is 39.4 Å². The van der Waals surface area contributed by atoms with Crippen LogP contribution in [0.4, 0.5) is 16.5 Å². The summed E-state index contributed by atoms with van der Waals surface area (Å²) in [6, 6.07) is 16.8. The molecule has 1 amide bonds. The van der Waals surface area contributed by atoms with E-state index in [1.165, 1.54) is 0 Å². The van der Waals surface area contributed by atoms with E-state index in [1.54, 1.807) is 35.7 Å². The molecule has 0 saturated heterocycles. The number of nitrogens with one attached hydrogen (secondary N) is 2. The van der Waals surface area contributed by atoms with Gasteiger partial charge in [-0.2, -0.15) is 0 Å². The SMILES string of the molecule is Cc1ncccc1NC(=O)c1ccc(Nc2ncc(-c3cnc4ccccn34)s2)cc1. The second kappa shape index (κ2) is 8.00. The Balaban J connectivity index is 1.29. The van der Waals surface area contributed by atoms with Gasteiger partial charge >= 0.3 is 0 Å². The van der Waals surface area contributed by atoms with Crippen LogP contribution in [-0.4, -0.2) is 25.3 Å². The number of hydrogen-bond acceptors (Lipinski definition) is 6. The van der Waals surface area contributed by atoms with Crippen molar-refractivity contribution in [2.75, 3.05) is 10.6 Å². The second-order valence-electron chi connectivity index (χ2n) is 6.89. The molecule has 0 fully saturated rings. The first-order valence-electron chi connectivity index (χ1n) is 9.66. The fourth-order valence-electron chi connectivity index (χ4n) is 3.20. The highest BCUT2D eigenvalue weighted by Gasteiger charge is 2.11. The quantitative estimate of drug-likeness (QED) is 0.406. The first kappa shape index (κ1) is 19.0. The van der Waals surface area contributed by atoms with Crippen LogP contribution >= 0.6 is 11.3 Å². The average molecular weight is 427 g/mol. The maximum atomic E-state index is 12.5. The van der Waals surface area contributed by atoms with E-state index in [2.05, 4.69) is 25.6 Å². The average Bonchev–Trinajstić information content (AvgIpc) is 3.42. The van der Waals surface area contributed by atoms with Gasteiger partial charge in [-0.05, 0) is 55.5 Å². The van der Waals surface area contributed by atoms with Gasteiger partial charge in [0.1, 0.15) is 5.65 Å². The summed E-state index contributed by atoms with van der Waals surface area (Å²) < 4.78 is 2.04. The standard InChI is InChI=1S/C23H18N6OS/c1-15-18(5-4-11-24-15)28-22(30)16-7-9-17(10-8-16)27-23-26-14-20(31-23)19-13-25-21-6-2-3-12-29(19)21/h2-14H,1H3,(H,26,27)(H,28,30). The maximum Gasteiger partial charge on any atom is 0.255 e. The van der Waals surface area contributed by atoms with Crippen LogP contribution < -0.4 is 10.6 Å². The lowest BCUT2D eigenvalue weighted by atomic mass is 10.2. The number of fused-ring (bicyclic) bond motifs is 1. The van der Waals surface area contributed by atoms with Gasteiger partial charge in [-0.15, -0.1) is 0 Å². The molecule has 0 spiro atoms. The summed E-state index contributed by atoms with van der Waals surface area (Å²) in [5.74, 6) is -0.174. The number of nitrogens with zero attached hydrogens (tertiary/aromatic N) is 4. The summed E-state index contributed by atoms with van der Waals surface area (Å²) in [6.07, 6.45) is 7.37. The highest BCUT2D eigenvalue weighted by Crippen LogP contribution is 2.31. The van der Waals surface area contributed by atoms with Crippen molar-refractivity contribution in [1.82, 2.24) is 19.4 Å². The Labute approximate surface area is 182 Å². The molecule has 0 aliphatic carbocycles. The van der Waals surface area contributed by atoms with Gasteiger partial charge in [-0.25, -0.2) is 9.97 Å². The van der Waals surface area contributed by atoms with Crippen molar-refractivity contribution in [3.63, 3.8) is 0 Å². The van der Waals surface area contributed by atoms with Crippen molar-refractivity contribution < 1.29 is 4.79 Å². The zero-order chi connectivity index (χ0) is 21.2. The molecule has 2 N–H and O–H groups in total. The van der Waals surface area contributed by atoms with E-state index >= 15 is 0 Å². The monoisotopic (exact) mass is 426 g/mol. The summed E-state index contributed by atoms with van der Waals surface area (Å²) in [4.78, 5) is 26.6. The molecular formula is C23H18N6OS. The summed E-state index contributed by atoms with van der Waals surface area (Å²) in [5.41, 5.74) is 4.80. The first-order chi connectivity index (χ1) is 15.2. The number of rotatable bonds is 5. The van der Waals surface area contributed by atoms with Crippen molar-refractivity contribution in [2.24, 2.45) is 0 Å². The van der Waals surface area contributed by atoms with Gasteiger partial charge < -0.3 is 10.6 Å². The number of aryl methyl sites for hydroxylation is 1. The van der Waals surface area contributed by atoms with Gasteiger partial charge in [0.15, 0.2) is 5.13 Å². The van der Waals surface area contributed by atoms with E-state index in [0.29, 0.717) is 11.3 Å². The van der Waals surface area contributed by atoms with Crippen LogP contribution in [0.2, 0.25) is 0 Å². The molecule has 0 aliphatic heterocycles. The number of anilines is 3. The smallest absolute Gasteiger partial charge is 0.255 e. The van der Waals surface area contributed by atoms with Gasteiger partial charge in [0.2, 0.25) is 0 Å². The number of hydrogen-bond donors (Lipinski definition) is 2. The molecule has 0 saturated carbocycles. The Hall–Kier alpha value is -4.04. The molecule has 0 aliphatic rings. The number of carbonyl (C=O) groups excluding carboxylic acids is 1. The molecule has 0 atom stereocenters. The molecule has 31 heavy (non-hydrogen) atoms. The molecule has 4 aromatic heterocycles. The Morgan fingerprint density at radius 2 is 1.84 bits per heavy atom. The number of amides is 1. The van der Waals surface area contributed by atoms with Gasteiger partial charge in [0, 0.05) is 29.8 Å². The largest absolute Gasteiger partial charge is 0.332 e. The molecule has 5 aromatic rings. The minimum atomic E-state index is -0.174. The van der Waals surface area contributed by atoms with Crippen LogP contribution in [0.25, 0.3) is 16.2 Å². The lowest BCUT2D eigenvalue weighted by Gasteiger charge is -2.08. The van der Waals surface area contributed by atoms with E-state index in [9.17, 15) is 4.79 Å². The highest BCUT2D eigenvalue weighted by molar-refractivity contribution is 7.18. The number of imidazole rings is 1. The fourth-order valence-corrected chi connectivity index (χ4v) is 4.05. The van der Waals surface area contributed by atoms with Crippen molar-refractivity contribution in [2.45, 2.75) is 6.92 Å². The minimum Gasteiger partial charge on any atom is -0.332 e. The number of carbonyl (C=O) groups is 1. The van der Waals surface area contributed by atoms with Crippen LogP contribution in [0.3, 0.4) is 0 Å². The van der Waals surface area contributed by atoms with E-state index in [4.69, 9.17) is 0 Å². The van der Waals surface area contributed by atoms with Crippen LogP contribution in [0, 0.1) is 6.92 Å². The summed E-state index contributed by atoms with van der Waals surface area (Å²) in [7, 11) is 0. The fraction of sp³-hybridized carbons (Fsp3) is 0.0435. The normalized spacial score (nSPS) is 10.9. The maximum absolute atomic E-state index is 12.5. The molecular weight excluding hydrogens is 408 g/mol. The molecule has 1 aromatic carbocycles. The zero-order valence-corrected chi connectivity index (χ0v) is 17.4. The lowest BCUT2D eigenvalue weighted by molar-refractivity contribution is 0.102. The summed E-state index contributed by atoms with van der Waals surface area (Å²) in [5, 5.41) is 6.95.